The minimum Gasteiger partial charge on any atom is -0.334 e. The number of carbonyl (C=O) groups excluding carboxylic acids is 1. The third kappa shape index (κ3) is 3.06. The smallest absolute Gasteiger partial charge is 0.180 e. The highest BCUT2D eigenvalue weighted by atomic mass is 35.5. The molecule has 5 heteroatoms. The maximum Gasteiger partial charge on any atom is 0.180 e. The predicted molar refractivity (Wildman–Crippen MR) is 124 cm³/mol. The van der Waals surface area contributed by atoms with Crippen LogP contribution in [0.1, 0.15) is 44.7 Å². The Bertz CT molecular complexity index is 1050. The number of hydrogen-bond donors (Lipinski definition) is 0. The average molecular weight is 455 g/mol. The van der Waals surface area contributed by atoms with E-state index in [1.165, 1.54) is 0 Å². The van der Waals surface area contributed by atoms with E-state index in [4.69, 9.17) is 32.7 Å². The minimum absolute atomic E-state index is 0.0900. The molecule has 2 bridgehead atoms. The standard InChI is InChI=1S/C26H24Cl2O3/c1-24(2)22(29)23-26(31-25(24,3)30-23)18(14-16-4-10-20(27)11-5-16)8-9-19(26)15-17-6-12-21(28)13-7-17/h4-7,10-15,23H,8-9H2,1-3H3/b18-14+,19-15+/t23-,25-/m0/s1. The fourth-order valence-electron chi connectivity index (χ4n) is 4.95. The molecule has 1 saturated carbocycles. The zero-order chi connectivity index (χ0) is 22.0. The number of fused-ring (bicyclic) bond motifs is 3. The van der Waals surface area contributed by atoms with Gasteiger partial charge in [-0.25, -0.2) is 0 Å². The number of hydrogen-bond acceptors (Lipinski definition) is 3. The third-order valence-electron chi connectivity index (χ3n) is 7.10. The van der Waals surface area contributed by atoms with Gasteiger partial charge >= 0.3 is 0 Å². The van der Waals surface area contributed by atoms with Crippen molar-refractivity contribution in [1.82, 2.24) is 0 Å². The van der Waals surface area contributed by atoms with Gasteiger partial charge in [0.2, 0.25) is 0 Å². The summed E-state index contributed by atoms with van der Waals surface area (Å²) in [6.45, 7) is 5.70. The van der Waals surface area contributed by atoms with Crippen LogP contribution in [0, 0.1) is 5.41 Å². The lowest BCUT2D eigenvalue weighted by atomic mass is 9.71. The lowest BCUT2D eigenvalue weighted by Crippen LogP contribution is -2.56. The highest BCUT2D eigenvalue weighted by molar-refractivity contribution is 6.30. The van der Waals surface area contributed by atoms with Crippen molar-refractivity contribution in [1.29, 1.82) is 0 Å². The summed E-state index contributed by atoms with van der Waals surface area (Å²) in [4.78, 5) is 13.4. The molecule has 0 radical (unpaired) electrons. The Morgan fingerprint density at radius 1 is 0.839 bits per heavy atom. The molecule has 2 atom stereocenters. The molecule has 2 saturated heterocycles. The molecule has 2 aromatic carbocycles. The van der Waals surface area contributed by atoms with Crippen molar-refractivity contribution in [2.45, 2.75) is 51.1 Å². The van der Waals surface area contributed by atoms with Crippen molar-refractivity contribution in [2.75, 3.05) is 0 Å². The van der Waals surface area contributed by atoms with Crippen molar-refractivity contribution in [3.8, 4) is 0 Å². The molecular formula is C26H24Cl2O3. The number of halogens is 2. The van der Waals surface area contributed by atoms with Crippen LogP contribution in [0.15, 0.2) is 59.7 Å². The number of carbonyl (C=O) groups is 1. The monoisotopic (exact) mass is 454 g/mol. The van der Waals surface area contributed by atoms with Crippen molar-refractivity contribution < 1.29 is 14.3 Å². The van der Waals surface area contributed by atoms with Gasteiger partial charge in [-0.2, -0.15) is 0 Å². The van der Waals surface area contributed by atoms with Crippen molar-refractivity contribution in [3.05, 3.63) is 80.8 Å². The van der Waals surface area contributed by atoms with E-state index < -0.39 is 22.9 Å². The van der Waals surface area contributed by atoms with E-state index >= 15 is 0 Å². The molecule has 0 unspecified atom stereocenters. The normalized spacial score (nSPS) is 33.8. The molecule has 2 aromatic rings. The molecular weight excluding hydrogens is 431 g/mol. The first kappa shape index (κ1) is 21.0. The van der Waals surface area contributed by atoms with Crippen molar-refractivity contribution >= 4 is 41.1 Å². The molecule has 0 amide bonds. The summed E-state index contributed by atoms with van der Waals surface area (Å²) in [6, 6.07) is 15.4. The zero-order valence-electron chi connectivity index (χ0n) is 17.7. The van der Waals surface area contributed by atoms with Gasteiger partial charge < -0.3 is 9.47 Å². The second-order valence-corrected chi connectivity index (χ2v) is 10.1. The van der Waals surface area contributed by atoms with E-state index in [9.17, 15) is 4.79 Å². The lowest BCUT2D eigenvalue weighted by molar-refractivity contribution is -0.208. The minimum atomic E-state index is -0.975. The third-order valence-corrected chi connectivity index (χ3v) is 7.60. The van der Waals surface area contributed by atoms with Gasteiger partial charge in [-0.15, -0.1) is 0 Å². The molecule has 1 aliphatic carbocycles. The molecule has 31 heavy (non-hydrogen) atoms. The van der Waals surface area contributed by atoms with Crippen molar-refractivity contribution in [2.24, 2.45) is 5.41 Å². The molecule has 0 N–H and O–H groups in total. The summed E-state index contributed by atoms with van der Waals surface area (Å²) < 4.78 is 13.1. The van der Waals surface area contributed by atoms with Crippen molar-refractivity contribution in [3.63, 3.8) is 0 Å². The van der Waals surface area contributed by atoms with E-state index in [2.05, 4.69) is 12.2 Å². The fraction of sp³-hybridized carbons (Fsp3) is 0.346. The largest absolute Gasteiger partial charge is 0.334 e. The first-order valence-corrected chi connectivity index (χ1v) is 11.3. The zero-order valence-corrected chi connectivity index (χ0v) is 19.3. The quantitative estimate of drug-likeness (QED) is 0.504. The van der Waals surface area contributed by atoms with Crippen LogP contribution < -0.4 is 0 Å². The van der Waals surface area contributed by atoms with Gasteiger partial charge in [0.05, 0.1) is 5.41 Å². The Morgan fingerprint density at radius 3 is 1.68 bits per heavy atom. The summed E-state index contributed by atoms with van der Waals surface area (Å²) in [5, 5.41) is 1.38. The van der Waals surface area contributed by atoms with Crippen LogP contribution in [0.5, 0.6) is 0 Å². The Kier molecular flexibility index (Phi) is 4.76. The predicted octanol–water partition coefficient (Wildman–Crippen LogP) is 6.73. The Hall–Kier alpha value is -1.91. The maximum atomic E-state index is 13.4. The SMILES string of the molecule is CC1(C)C(=O)[C@@H]2O[C@@]1(C)OC21/C(=C/c2ccc(Cl)cc2)CC/C1=C\c1ccc(Cl)cc1. The maximum absolute atomic E-state index is 13.4. The first-order chi connectivity index (χ1) is 14.7. The Balaban J connectivity index is 1.65. The number of ether oxygens (including phenoxy) is 2. The van der Waals surface area contributed by atoms with Crippen LogP contribution in [0.2, 0.25) is 10.0 Å². The van der Waals surface area contributed by atoms with Crippen LogP contribution in [0.3, 0.4) is 0 Å². The van der Waals surface area contributed by atoms with Gasteiger partial charge in [0.15, 0.2) is 17.7 Å². The second-order valence-electron chi connectivity index (χ2n) is 9.21. The molecule has 3 nitrogen and oxygen atoms in total. The van der Waals surface area contributed by atoms with E-state index in [-0.39, 0.29) is 5.78 Å². The van der Waals surface area contributed by atoms with Crippen LogP contribution >= 0.6 is 23.2 Å². The van der Waals surface area contributed by atoms with Crippen LogP contribution in [0.25, 0.3) is 12.2 Å². The van der Waals surface area contributed by atoms with E-state index in [0.717, 1.165) is 35.1 Å². The Morgan fingerprint density at radius 2 is 1.29 bits per heavy atom. The van der Waals surface area contributed by atoms with Crippen LogP contribution in [-0.2, 0) is 14.3 Å². The topological polar surface area (TPSA) is 35.5 Å². The number of benzene rings is 2. The van der Waals surface area contributed by atoms with Gasteiger partial charge in [-0.3, -0.25) is 4.79 Å². The lowest BCUT2D eigenvalue weighted by Gasteiger charge is -2.43. The Labute approximate surface area is 192 Å². The van der Waals surface area contributed by atoms with Gasteiger partial charge in [0.25, 0.3) is 0 Å². The summed E-state index contributed by atoms with van der Waals surface area (Å²) in [7, 11) is 0. The first-order valence-electron chi connectivity index (χ1n) is 10.5. The second kappa shape index (κ2) is 7.05. The molecule has 160 valence electrons. The van der Waals surface area contributed by atoms with E-state index in [0.29, 0.717) is 10.0 Å². The molecule has 2 heterocycles. The highest BCUT2D eigenvalue weighted by Crippen LogP contribution is 2.63. The molecule has 0 aromatic heterocycles. The summed E-state index contributed by atoms with van der Waals surface area (Å²) in [5.74, 6) is -0.885. The van der Waals surface area contributed by atoms with Gasteiger partial charge in [-0.1, -0.05) is 59.6 Å². The fourth-order valence-corrected chi connectivity index (χ4v) is 5.20. The van der Waals surface area contributed by atoms with Gasteiger partial charge in [0.1, 0.15) is 5.60 Å². The van der Waals surface area contributed by atoms with E-state index in [1.54, 1.807) is 0 Å². The van der Waals surface area contributed by atoms with Crippen LogP contribution in [-0.4, -0.2) is 23.3 Å². The molecule has 1 spiro atoms. The van der Waals surface area contributed by atoms with Gasteiger partial charge in [-0.05, 0) is 80.2 Å². The average Bonchev–Trinajstić information content (AvgIpc) is 3.29. The summed E-state index contributed by atoms with van der Waals surface area (Å²) in [6.07, 6.45) is 5.17. The number of rotatable bonds is 2. The summed E-state index contributed by atoms with van der Waals surface area (Å²) in [5.41, 5.74) is 2.58. The molecule has 5 rings (SSSR count). The molecule has 2 aliphatic heterocycles. The highest BCUT2D eigenvalue weighted by Gasteiger charge is 2.75. The molecule has 3 aliphatic rings. The number of ketones is 1. The van der Waals surface area contributed by atoms with Gasteiger partial charge in [0, 0.05) is 10.0 Å². The van der Waals surface area contributed by atoms with E-state index in [1.807, 2.05) is 69.3 Å². The summed E-state index contributed by atoms with van der Waals surface area (Å²) >= 11 is 12.1. The molecule has 3 fully saturated rings. The van der Waals surface area contributed by atoms with Crippen LogP contribution in [0.4, 0.5) is 0 Å². The number of Topliss-reactive ketones (excluding diaryl/α,β-unsaturated/α-hetero) is 1.